The van der Waals surface area contributed by atoms with Gasteiger partial charge in [-0.25, -0.2) is 14.5 Å². The summed E-state index contributed by atoms with van der Waals surface area (Å²) >= 11 is 12.0. The van der Waals surface area contributed by atoms with Crippen LogP contribution in [0.15, 0.2) is 12.1 Å². The van der Waals surface area contributed by atoms with Crippen molar-refractivity contribution in [2.45, 2.75) is 52.0 Å². The lowest BCUT2D eigenvalue weighted by molar-refractivity contribution is 0.111. The van der Waals surface area contributed by atoms with Crippen LogP contribution in [0.2, 0.25) is 10.3 Å². The Morgan fingerprint density at radius 3 is 2.03 bits per heavy atom. The first-order valence-electron chi connectivity index (χ1n) is 11.2. The van der Waals surface area contributed by atoms with E-state index in [0.29, 0.717) is 50.2 Å². The third-order valence-corrected chi connectivity index (χ3v) is 6.38. The van der Waals surface area contributed by atoms with E-state index in [1.165, 1.54) is 12.8 Å². The molecule has 2 saturated carbocycles. The summed E-state index contributed by atoms with van der Waals surface area (Å²) < 4.78 is 3.40. The Hall–Kier alpha value is -3.04. The summed E-state index contributed by atoms with van der Waals surface area (Å²) in [6, 6.07) is 4.06. The quantitative estimate of drug-likeness (QED) is 0.306. The van der Waals surface area contributed by atoms with E-state index < -0.39 is 0 Å². The molecule has 0 radical (unpaired) electrons. The SMILES string of the molecule is Cc1nn2c(CC3CC3)cc(Cl)nc2c1C=O.Cc1nn2c(NC3CC3)cc(Cl)nc2c1C=O. The van der Waals surface area contributed by atoms with Gasteiger partial charge in [0.1, 0.15) is 16.1 Å². The Morgan fingerprint density at radius 1 is 0.912 bits per heavy atom. The third kappa shape index (κ3) is 4.50. The van der Waals surface area contributed by atoms with Crippen LogP contribution in [0, 0.1) is 19.8 Å². The van der Waals surface area contributed by atoms with Crippen LogP contribution in [0.25, 0.3) is 11.3 Å². The second kappa shape index (κ2) is 8.96. The van der Waals surface area contributed by atoms with Crippen molar-refractivity contribution in [3.8, 4) is 0 Å². The van der Waals surface area contributed by atoms with Crippen LogP contribution in [-0.2, 0) is 6.42 Å². The molecule has 0 aliphatic heterocycles. The molecule has 34 heavy (non-hydrogen) atoms. The van der Waals surface area contributed by atoms with Crippen molar-refractivity contribution in [2.75, 3.05) is 5.32 Å². The second-order valence-electron chi connectivity index (χ2n) is 8.81. The molecule has 2 aliphatic rings. The van der Waals surface area contributed by atoms with Gasteiger partial charge < -0.3 is 5.32 Å². The minimum absolute atomic E-state index is 0.364. The first-order valence-corrected chi connectivity index (χ1v) is 11.9. The van der Waals surface area contributed by atoms with Gasteiger partial charge in [0.2, 0.25) is 0 Å². The number of fused-ring (bicyclic) bond motifs is 2. The van der Waals surface area contributed by atoms with E-state index in [0.717, 1.165) is 49.3 Å². The molecule has 2 aliphatic carbocycles. The third-order valence-electron chi connectivity index (χ3n) is 5.99. The van der Waals surface area contributed by atoms with E-state index in [2.05, 4.69) is 25.5 Å². The summed E-state index contributed by atoms with van der Waals surface area (Å²) in [5, 5.41) is 12.8. The molecule has 0 atom stereocenters. The van der Waals surface area contributed by atoms with Crippen LogP contribution in [-0.4, -0.2) is 47.8 Å². The zero-order chi connectivity index (χ0) is 24.0. The number of carbonyl (C=O) groups excluding carboxylic acids is 2. The highest BCUT2D eigenvalue weighted by molar-refractivity contribution is 6.30. The molecule has 176 valence electrons. The summed E-state index contributed by atoms with van der Waals surface area (Å²) in [6.07, 6.45) is 7.36. The van der Waals surface area contributed by atoms with E-state index in [1.54, 1.807) is 22.0 Å². The molecule has 4 heterocycles. The normalized spacial score (nSPS) is 15.3. The lowest BCUT2D eigenvalue weighted by atomic mass is 10.2. The predicted molar refractivity (Wildman–Crippen MR) is 129 cm³/mol. The van der Waals surface area contributed by atoms with Gasteiger partial charge in [-0.2, -0.15) is 14.7 Å². The lowest BCUT2D eigenvalue weighted by Crippen LogP contribution is -2.07. The predicted octanol–water partition coefficient (Wildman–Crippen LogP) is 4.53. The van der Waals surface area contributed by atoms with Crippen molar-refractivity contribution in [3.05, 3.63) is 50.6 Å². The Morgan fingerprint density at radius 2 is 1.47 bits per heavy atom. The number of aldehydes is 2. The first kappa shape index (κ1) is 22.7. The van der Waals surface area contributed by atoms with Crippen LogP contribution in [0.5, 0.6) is 0 Å². The fourth-order valence-electron chi connectivity index (χ4n) is 3.86. The molecule has 4 aromatic heterocycles. The maximum Gasteiger partial charge on any atom is 0.169 e. The minimum atomic E-state index is 0.364. The van der Waals surface area contributed by atoms with E-state index in [9.17, 15) is 9.59 Å². The first-order chi connectivity index (χ1) is 16.4. The number of anilines is 1. The maximum absolute atomic E-state index is 11.0. The zero-order valence-corrected chi connectivity index (χ0v) is 20.3. The Balaban J connectivity index is 0.000000142. The van der Waals surface area contributed by atoms with E-state index in [1.807, 2.05) is 13.0 Å². The van der Waals surface area contributed by atoms with Crippen LogP contribution in [0.3, 0.4) is 0 Å². The number of carbonyl (C=O) groups is 2. The Kier molecular flexibility index (Phi) is 5.99. The summed E-state index contributed by atoms with van der Waals surface area (Å²) in [4.78, 5) is 30.4. The van der Waals surface area contributed by atoms with Crippen LogP contribution >= 0.6 is 23.2 Å². The molecule has 9 nitrogen and oxygen atoms in total. The van der Waals surface area contributed by atoms with Crippen LogP contribution in [0.4, 0.5) is 5.82 Å². The summed E-state index contributed by atoms with van der Waals surface area (Å²) in [6.45, 7) is 3.60. The topological polar surface area (TPSA) is 107 Å². The number of nitrogens with one attached hydrogen (secondary N) is 1. The summed E-state index contributed by atoms with van der Waals surface area (Å²) in [5.41, 5.74) is 4.50. The highest BCUT2D eigenvalue weighted by atomic mass is 35.5. The Labute approximate surface area is 205 Å². The van der Waals surface area contributed by atoms with Gasteiger partial charge in [-0.05, 0) is 57.9 Å². The number of aromatic nitrogens is 6. The van der Waals surface area contributed by atoms with Crippen molar-refractivity contribution in [3.63, 3.8) is 0 Å². The molecule has 0 bridgehead atoms. The highest BCUT2D eigenvalue weighted by Gasteiger charge is 2.25. The molecule has 0 amide bonds. The molecular formula is C23H23Cl2N7O2. The summed E-state index contributed by atoms with van der Waals surface area (Å²) in [5.74, 6) is 1.53. The summed E-state index contributed by atoms with van der Waals surface area (Å²) in [7, 11) is 0. The molecule has 0 spiro atoms. The zero-order valence-electron chi connectivity index (χ0n) is 18.8. The van der Waals surface area contributed by atoms with Crippen molar-refractivity contribution in [2.24, 2.45) is 5.92 Å². The number of hydrogen-bond donors (Lipinski definition) is 1. The van der Waals surface area contributed by atoms with Crippen molar-refractivity contribution >= 4 is 52.9 Å². The number of halogens is 2. The van der Waals surface area contributed by atoms with Gasteiger partial charge in [-0.3, -0.25) is 9.59 Å². The smallest absolute Gasteiger partial charge is 0.169 e. The van der Waals surface area contributed by atoms with Crippen molar-refractivity contribution in [1.82, 2.24) is 29.2 Å². The van der Waals surface area contributed by atoms with E-state index in [4.69, 9.17) is 23.2 Å². The van der Waals surface area contributed by atoms with Crippen LogP contribution < -0.4 is 5.32 Å². The fourth-order valence-corrected chi connectivity index (χ4v) is 4.25. The molecule has 0 aromatic carbocycles. The maximum atomic E-state index is 11.0. The number of hydrogen-bond acceptors (Lipinski definition) is 7. The standard InChI is InChI=1S/C12H12ClN3O.C11H11ClN4O/c1-7-10(6-17)12-14-11(13)5-9(16(12)15-7)4-8-2-3-8;1-6-8(5-17)11-14-9(12)4-10(16(11)15-6)13-7-2-3-7/h5-6,8H,2-4H2,1H3;4-5,7,13H,2-3H2,1H3. The molecule has 11 heteroatoms. The highest BCUT2D eigenvalue weighted by Crippen LogP contribution is 2.33. The molecular weight excluding hydrogens is 477 g/mol. The van der Waals surface area contributed by atoms with Gasteiger partial charge in [0, 0.05) is 17.8 Å². The average Bonchev–Trinajstić information content (AvgIpc) is 3.71. The van der Waals surface area contributed by atoms with Gasteiger partial charge in [0.25, 0.3) is 0 Å². The molecule has 0 saturated heterocycles. The molecule has 0 unspecified atom stereocenters. The van der Waals surface area contributed by atoms with Crippen LogP contribution in [0.1, 0.15) is 63.5 Å². The number of nitrogens with zero attached hydrogens (tertiary/aromatic N) is 6. The molecule has 2 fully saturated rings. The van der Waals surface area contributed by atoms with Crippen molar-refractivity contribution < 1.29 is 9.59 Å². The monoisotopic (exact) mass is 499 g/mol. The van der Waals surface area contributed by atoms with Gasteiger partial charge in [0.15, 0.2) is 23.9 Å². The largest absolute Gasteiger partial charge is 0.367 e. The van der Waals surface area contributed by atoms with Crippen molar-refractivity contribution in [1.29, 1.82) is 0 Å². The Bertz CT molecular complexity index is 1310. The average molecular weight is 500 g/mol. The second-order valence-corrected chi connectivity index (χ2v) is 9.58. The van der Waals surface area contributed by atoms with Gasteiger partial charge in [-0.1, -0.05) is 23.2 Å². The van der Waals surface area contributed by atoms with Gasteiger partial charge in [-0.15, -0.1) is 0 Å². The fraction of sp³-hybridized carbons (Fsp3) is 0.391. The lowest BCUT2D eigenvalue weighted by Gasteiger charge is -2.07. The minimum Gasteiger partial charge on any atom is -0.367 e. The molecule has 6 rings (SSSR count). The van der Waals surface area contributed by atoms with Gasteiger partial charge >= 0.3 is 0 Å². The molecule has 4 aromatic rings. The van der Waals surface area contributed by atoms with Gasteiger partial charge in [0.05, 0.1) is 22.5 Å². The molecule has 1 N–H and O–H groups in total. The number of rotatable bonds is 6. The van der Waals surface area contributed by atoms with E-state index in [-0.39, 0.29) is 0 Å². The number of aryl methyl sites for hydroxylation is 2. The van der Waals surface area contributed by atoms with E-state index >= 15 is 0 Å².